The van der Waals surface area contributed by atoms with Gasteiger partial charge < -0.3 is 15.5 Å². The molecular formula is C15H19N5O. The van der Waals surface area contributed by atoms with E-state index in [1.165, 1.54) is 0 Å². The number of aryl methyl sites for hydroxylation is 1. The Labute approximate surface area is 123 Å². The summed E-state index contributed by atoms with van der Waals surface area (Å²) in [6, 6.07) is 7.67. The van der Waals surface area contributed by atoms with Crippen LogP contribution < -0.4 is 21.3 Å². The molecule has 0 saturated heterocycles. The Balaban J connectivity index is 1.88. The number of aromatic nitrogens is 2. The number of nitrogens with one attached hydrogen (secondary N) is 2. The largest absolute Gasteiger partial charge is 0.497 e. The van der Waals surface area contributed by atoms with E-state index in [0.29, 0.717) is 11.7 Å². The number of hydrogen-bond acceptors (Lipinski definition) is 6. The van der Waals surface area contributed by atoms with Gasteiger partial charge in [-0.2, -0.15) is 0 Å². The van der Waals surface area contributed by atoms with E-state index in [2.05, 4.69) is 20.7 Å². The standard InChI is InChI=1S/C15H19N5O/c1-9-7-11(21-2)5-6-12(9)17-13-8-14(20-16)19-15(18-13)10-3-4-10/h5-8,10H,3-4,16H2,1-2H3,(H2,17,18,19,20). The van der Waals surface area contributed by atoms with Crippen molar-refractivity contribution in [2.24, 2.45) is 5.84 Å². The van der Waals surface area contributed by atoms with Crippen LogP contribution in [0.5, 0.6) is 5.75 Å². The van der Waals surface area contributed by atoms with Crippen molar-refractivity contribution in [3.8, 4) is 5.75 Å². The van der Waals surface area contributed by atoms with Crippen molar-refractivity contribution in [1.82, 2.24) is 9.97 Å². The van der Waals surface area contributed by atoms with Crippen molar-refractivity contribution in [2.75, 3.05) is 17.9 Å². The zero-order valence-electron chi connectivity index (χ0n) is 12.2. The van der Waals surface area contributed by atoms with Crippen molar-refractivity contribution < 1.29 is 4.74 Å². The van der Waals surface area contributed by atoms with E-state index >= 15 is 0 Å². The number of nitrogens with two attached hydrogens (primary N) is 1. The summed E-state index contributed by atoms with van der Waals surface area (Å²) in [4.78, 5) is 8.97. The Bertz CT molecular complexity index is 655. The van der Waals surface area contributed by atoms with E-state index in [4.69, 9.17) is 10.6 Å². The van der Waals surface area contributed by atoms with E-state index in [0.717, 1.165) is 41.5 Å². The third-order valence-corrected chi connectivity index (χ3v) is 3.53. The van der Waals surface area contributed by atoms with Crippen LogP contribution in [0.15, 0.2) is 24.3 Å². The molecule has 1 aliphatic carbocycles. The molecular weight excluding hydrogens is 266 g/mol. The van der Waals surface area contributed by atoms with Crippen molar-refractivity contribution in [3.05, 3.63) is 35.7 Å². The molecule has 0 aliphatic heterocycles. The van der Waals surface area contributed by atoms with Crippen LogP contribution in [0.4, 0.5) is 17.3 Å². The average molecular weight is 285 g/mol. The van der Waals surface area contributed by atoms with Crippen LogP contribution in [0, 0.1) is 6.92 Å². The second-order valence-corrected chi connectivity index (χ2v) is 5.22. The summed E-state index contributed by atoms with van der Waals surface area (Å²) >= 11 is 0. The highest BCUT2D eigenvalue weighted by molar-refractivity contribution is 5.63. The molecule has 3 rings (SSSR count). The molecule has 6 nitrogen and oxygen atoms in total. The van der Waals surface area contributed by atoms with E-state index < -0.39 is 0 Å². The first-order chi connectivity index (χ1) is 10.2. The first-order valence-electron chi connectivity index (χ1n) is 6.97. The predicted molar refractivity (Wildman–Crippen MR) is 82.8 cm³/mol. The fourth-order valence-corrected chi connectivity index (χ4v) is 2.17. The second kappa shape index (κ2) is 5.57. The quantitative estimate of drug-likeness (QED) is 0.578. The highest BCUT2D eigenvalue weighted by Crippen LogP contribution is 2.39. The molecule has 1 fully saturated rings. The molecule has 0 spiro atoms. The highest BCUT2D eigenvalue weighted by Gasteiger charge is 2.27. The van der Waals surface area contributed by atoms with Crippen LogP contribution in [0.1, 0.15) is 30.1 Å². The van der Waals surface area contributed by atoms with Gasteiger partial charge in [-0.05, 0) is 43.5 Å². The van der Waals surface area contributed by atoms with Crippen molar-refractivity contribution in [3.63, 3.8) is 0 Å². The van der Waals surface area contributed by atoms with Crippen molar-refractivity contribution >= 4 is 17.3 Å². The molecule has 6 heteroatoms. The lowest BCUT2D eigenvalue weighted by Gasteiger charge is -2.12. The number of rotatable bonds is 5. The number of benzene rings is 1. The Hall–Kier alpha value is -2.34. The lowest BCUT2D eigenvalue weighted by molar-refractivity contribution is 0.414. The molecule has 110 valence electrons. The third kappa shape index (κ3) is 3.05. The first-order valence-corrected chi connectivity index (χ1v) is 6.97. The zero-order chi connectivity index (χ0) is 14.8. The van der Waals surface area contributed by atoms with Gasteiger partial charge in [0, 0.05) is 17.7 Å². The van der Waals surface area contributed by atoms with E-state index in [9.17, 15) is 0 Å². The summed E-state index contributed by atoms with van der Waals surface area (Å²) in [6.07, 6.45) is 2.30. The minimum Gasteiger partial charge on any atom is -0.497 e. The Morgan fingerprint density at radius 3 is 2.57 bits per heavy atom. The maximum Gasteiger partial charge on any atom is 0.145 e. The van der Waals surface area contributed by atoms with Crippen molar-refractivity contribution in [2.45, 2.75) is 25.7 Å². The molecule has 1 aromatic carbocycles. The molecule has 0 radical (unpaired) electrons. The number of nitrogens with zero attached hydrogens (tertiary/aromatic N) is 2. The SMILES string of the molecule is COc1ccc(Nc2cc(NN)nc(C3CC3)n2)c(C)c1. The van der Waals surface area contributed by atoms with Gasteiger partial charge in [0.2, 0.25) is 0 Å². The van der Waals surface area contributed by atoms with Gasteiger partial charge in [0.25, 0.3) is 0 Å². The van der Waals surface area contributed by atoms with Crippen LogP contribution in [0.25, 0.3) is 0 Å². The molecule has 1 heterocycles. The minimum atomic E-state index is 0.468. The molecule has 4 N–H and O–H groups in total. The van der Waals surface area contributed by atoms with Gasteiger partial charge in [-0.3, -0.25) is 0 Å². The van der Waals surface area contributed by atoms with Crippen LogP contribution >= 0.6 is 0 Å². The minimum absolute atomic E-state index is 0.468. The topological polar surface area (TPSA) is 85.1 Å². The molecule has 0 bridgehead atoms. The lowest BCUT2D eigenvalue weighted by Crippen LogP contribution is -2.11. The molecule has 0 unspecified atom stereocenters. The summed E-state index contributed by atoms with van der Waals surface area (Å²) in [6.45, 7) is 2.02. The maximum atomic E-state index is 5.48. The fraction of sp³-hybridized carbons (Fsp3) is 0.333. The van der Waals surface area contributed by atoms with Gasteiger partial charge in [0.15, 0.2) is 0 Å². The number of nitrogen functional groups attached to an aromatic ring is 1. The van der Waals surface area contributed by atoms with Crippen LogP contribution in [-0.4, -0.2) is 17.1 Å². The van der Waals surface area contributed by atoms with Gasteiger partial charge in [-0.25, -0.2) is 15.8 Å². The van der Waals surface area contributed by atoms with Crippen molar-refractivity contribution in [1.29, 1.82) is 0 Å². The number of methoxy groups -OCH3 is 1. The second-order valence-electron chi connectivity index (χ2n) is 5.22. The Kier molecular flexibility index (Phi) is 3.62. The number of hydrogen-bond donors (Lipinski definition) is 3. The number of ether oxygens (including phenoxy) is 1. The molecule has 0 amide bonds. The van der Waals surface area contributed by atoms with Gasteiger partial charge in [0.1, 0.15) is 23.2 Å². The Morgan fingerprint density at radius 1 is 1.19 bits per heavy atom. The molecule has 1 aromatic heterocycles. The van der Waals surface area contributed by atoms with Gasteiger partial charge in [-0.1, -0.05) is 0 Å². The summed E-state index contributed by atoms with van der Waals surface area (Å²) in [5, 5.41) is 3.32. The predicted octanol–water partition coefficient (Wildman–Crippen LogP) is 2.70. The molecule has 1 aliphatic rings. The molecule has 0 atom stereocenters. The summed E-state index contributed by atoms with van der Waals surface area (Å²) < 4.78 is 5.22. The third-order valence-electron chi connectivity index (χ3n) is 3.53. The van der Waals surface area contributed by atoms with Gasteiger partial charge in [-0.15, -0.1) is 0 Å². The van der Waals surface area contributed by atoms with Crippen LogP contribution in [0.3, 0.4) is 0 Å². The van der Waals surface area contributed by atoms with Gasteiger partial charge in [0.05, 0.1) is 7.11 Å². The number of anilines is 3. The average Bonchev–Trinajstić information content (AvgIpc) is 3.33. The smallest absolute Gasteiger partial charge is 0.145 e. The van der Waals surface area contributed by atoms with Gasteiger partial charge >= 0.3 is 0 Å². The normalized spacial score (nSPS) is 13.9. The summed E-state index contributed by atoms with van der Waals surface area (Å²) in [5.74, 6) is 9.01. The van der Waals surface area contributed by atoms with Crippen LogP contribution in [0.2, 0.25) is 0 Å². The highest BCUT2D eigenvalue weighted by atomic mass is 16.5. The monoisotopic (exact) mass is 285 g/mol. The van der Waals surface area contributed by atoms with Crippen LogP contribution in [-0.2, 0) is 0 Å². The van der Waals surface area contributed by atoms with E-state index in [1.54, 1.807) is 13.2 Å². The summed E-state index contributed by atoms with van der Waals surface area (Å²) in [5.41, 5.74) is 4.67. The molecule has 21 heavy (non-hydrogen) atoms. The zero-order valence-corrected chi connectivity index (χ0v) is 12.2. The fourth-order valence-electron chi connectivity index (χ4n) is 2.17. The maximum absolute atomic E-state index is 5.48. The molecule has 2 aromatic rings. The van der Waals surface area contributed by atoms with E-state index in [1.807, 2.05) is 25.1 Å². The van der Waals surface area contributed by atoms with E-state index in [-0.39, 0.29) is 0 Å². The first kappa shape index (κ1) is 13.6. The summed E-state index contributed by atoms with van der Waals surface area (Å²) in [7, 11) is 1.66. The number of hydrazine groups is 1. The lowest BCUT2D eigenvalue weighted by atomic mass is 10.2. The molecule has 1 saturated carbocycles. The Morgan fingerprint density at radius 2 is 1.95 bits per heavy atom.